The summed E-state index contributed by atoms with van der Waals surface area (Å²) in [6.45, 7) is 2.63. The van der Waals surface area contributed by atoms with E-state index in [4.69, 9.17) is 0 Å². The Bertz CT molecular complexity index is 676. The highest BCUT2D eigenvalue weighted by Crippen LogP contribution is 2.20. The van der Waals surface area contributed by atoms with Gasteiger partial charge >= 0.3 is 0 Å². The monoisotopic (exact) mass is 365 g/mol. The first-order valence-electron chi connectivity index (χ1n) is 9.15. The molecule has 0 aliphatic carbocycles. The number of carbonyl (C=O) groups excluding carboxylic acids is 1. The fourth-order valence-corrected chi connectivity index (χ4v) is 4.98. The number of rotatable bonds is 6. The number of carbonyl (C=O) groups is 1. The van der Waals surface area contributed by atoms with Gasteiger partial charge in [0.15, 0.2) is 0 Å². The first kappa shape index (κ1) is 18.4. The Labute approximate surface area is 150 Å². The van der Waals surface area contributed by atoms with Gasteiger partial charge in [0.1, 0.15) is 0 Å². The van der Waals surface area contributed by atoms with Crippen LogP contribution in [-0.4, -0.2) is 44.3 Å². The lowest BCUT2D eigenvalue weighted by atomic mass is 10.1. The molecule has 1 amide bonds. The molecule has 2 aliphatic rings. The smallest absolute Gasteiger partial charge is 0.243 e. The van der Waals surface area contributed by atoms with Crippen molar-refractivity contribution in [1.82, 2.24) is 14.9 Å². The maximum absolute atomic E-state index is 12.6. The van der Waals surface area contributed by atoms with Crippen LogP contribution in [0, 0.1) is 0 Å². The third kappa shape index (κ3) is 4.80. The van der Waals surface area contributed by atoms with Crippen molar-refractivity contribution >= 4 is 15.9 Å². The topological polar surface area (TPSA) is 78.5 Å². The van der Waals surface area contributed by atoms with Gasteiger partial charge in [0.2, 0.25) is 15.9 Å². The van der Waals surface area contributed by atoms with Gasteiger partial charge in [0, 0.05) is 32.1 Å². The minimum atomic E-state index is -3.39. The lowest BCUT2D eigenvalue weighted by Crippen LogP contribution is -2.35. The van der Waals surface area contributed by atoms with E-state index in [9.17, 15) is 13.2 Å². The largest absolute Gasteiger partial charge is 0.352 e. The number of hydrogen-bond donors (Lipinski definition) is 2. The van der Waals surface area contributed by atoms with Crippen LogP contribution in [0.4, 0.5) is 0 Å². The summed E-state index contributed by atoms with van der Waals surface area (Å²) in [6, 6.07) is 7.14. The summed E-state index contributed by atoms with van der Waals surface area (Å²) in [5.74, 6) is 0.0319. The molecule has 7 heteroatoms. The molecular weight excluding hydrogens is 338 g/mol. The van der Waals surface area contributed by atoms with Crippen LogP contribution in [0.3, 0.4) is 0 Å². The van der Waals surface area contributed by atoms with Crippen molar-refractivity contribution in [2.24, 2.45) is 0 Å². The molecule has 2 aliphatic heterocycles. The van der Waals surface area contributed by atoms with Crippen LogP contribution in [0.15, 0.2) is 29.2 Å². The quantitative estimate of drug-likeness (QED) is 0.803. The zero-order valence-corrected chi connectivity index (χ0v) is 15.4. The van der Waals surface area contributed by atoms with E-state index in [1.807, 2.05) is 0 Å². The SMILES string of the molecule is O=C(CC1CCCN1)NCc1ccc(S(=O)(=O)N2CCCCC2)cc1. The molecular formula is C18H27N3O3S. The lowest BCUT2D eigenvalue weighted by molar-refractivity contribution is -0.121. The second-order valence-corrected chi connectivity index (χ2v) is 8.82. The fraction of sp³-hybridized carbons (Fsp3) is 0.611. The summed E-state index contributed by atoms with van der Waals surface area (Å²) >= 11 is 0. The fourth-order valence-electron chi connectivity index (χ4n) is 3.46. The van der Waals surface area contributed by atoms with Gasteiger partial charge < -0.3 is 10.6 Å². The average Bonchev–Trinajstić information content (AvgIpc) is 3.14. The molecule has 1 aromatic rings. The van der Waals surface area contributed by atoms with E-state index in [0.29, 0.717) is 31.0 Å². The van der Waals surface area contributed by atoms with Crippen LogP contribution in [0.25, 0.3) is 0 Å². The molecule has 1 atom stereocenters. The number of sulfonamides is 1. The minimum absolute atomic E-state index is 0.0319. The molecule has 0 bridgehead atoms. The van der Waals surface area contributed by atoms with Gasteiger partial charge in [-0.2, -0.15) is 4.31 Å². The summed E-state index contributed by atoms with van der Waals surface area (Å²) in [5, 5.41) is 6.22. The molecule has 1 unspecified atom stereocenters. The van der Waals surface area contributed by atoms with E-state index in [1.54, 1.807) is 28.6 Å². The van der Waals surface area contributed by atoms with Gasteiger partial charge in [-0.3, -0.25) is 4.79 Å². The van der Waals surface area contributed by atoms with E-state index in [0.717, 1.165) is 44.2 Å². The van der Waals surface area contributed by atoms with E-state index in [1.165, 1.54) is 0 Å². The molecule has 0 saturated carbocycles. The normalized spacial score (nSPS) is 22.0. The van der Waals surface area contributed by atoms with Crippen LogP contribution in [0.2, 0.25) is 0 Å². The van der Waals surface area contributed by atoms with Crippen LogP contribution in [-0.2, 0) is 21.4 Å². The van der Waals surface area contributed by atoms with Crippen molar-refractivity contribution in [1.29, 1.82) is 0 Å². The first-order chi connectivity index (χ1) is 12.1. The van der Waals surface area contributed by atoms with Crippen molar-refractivity contribution in [2.75, 3.05) is 19.6 Å². The van der Waals surface area contributed by atoms with Gasteiger partial charge in [-0.05, 0) is 49.9 Å². The number of nitrogens with zero attached hydrogens (tertiary/aromatic N) is 1. The predicted molar refractivity (Wildman–Crippen MR) is 96.5 cm³/mol. The number of nitrogens with one attached hydrogen (secondary N) is 2. The summed E-state index contributed by atoms with van der Waals surface area (Å²) in [7, 11) is -3.39. The van der Waals surface area contributed by atoms with Crippen molar-refractivity contribution in [3.63, 3.8) is 0 Å². The van der Waals surface area contributed by atoms with Gasteiger partial charge in [0.25, 0.3) is 0 Å². The van der Waals surface area contributed by atoms with Crippen molar-refractivity contribution in [3.8, 4) is 0 Å². The highest BCUT2D eigenvalue weighted by atomic mass is 32.2. The second-order valence-electron chi connectivity index (χ2n) is 6.88. The number of hydrogen-bond acceptors (Lipinski definition) is 4. The summed E-state index contributed by atoms with van der Waals surface area (Å²) in [5.41, 5.74) is 0.908. The van der Waals surface area contributed by atoms with E-state index in [2.05, 4.69) is 10.6 Å². The molecule has 2 N–H and O–H groups in total. The Kier molecular flexibility index (Phi) is 6.09. The third-order valence-electron chi connectivity index (χ3n) is 4.96. The van der Waals surface area contributed by atoms with Crippen molar-refractivity contribution in [2.45, 2.75) is 56.0 Å². The summed E-state index contributed by atoms with van der Waals surface area (Å²) in [4.78, 5) is 12.3. The second kappa shape index (κ2) is 8.29. The third-order valence-corrected chi connectivity index (χ3v) is 6.87. The molecule has 25 heavy (non-hydrogen) atoms. The standard InChI is InChI=1S/C18H27N3O3S/c22-18(13-16-5-4-10-19-16)20-14-15-6-8-17(9-7-15)25(23,24)21-11-2-1-3-12-21/h6-9,16,19H,1-5,10-14H2,(H,20,22). The maximum Gasteiger partial charge on any atom is 0.243 e. The first-order valence-corrected chi connectivity index (χ1v) is 10.6. The van der Waals surface area contributed by atoms with Gasteiger partial charge in [-0.15, -0.1) is 0 Å². The Balaban J connectivity index is 1.53. The molecule has 138 valence electrons. The molecule has 0 radical (unpaired) electrons. The van der Waals surface area contributed by atoms with Gasteiger partial charge in [0.05, 0.1) is 4.90 Å². The van der Waals surface area contributed by atoms with Crippen molar-refractivity contribution < 1.29 is 13.2 Å². The van der Waals surface area contributed by atoms with Crippen LogP contribution >= 0.6 is 0 Å². The molecule has 6 nitrogen and oxygen atoms in total. The Morgan fingerprint density at radius 2 is 1.84 bits per heavy atom. The molecule has 1 aromatic carbocycles. The minimum Gasteiger partial charge on any atom is -0.352 e. The molecule has 2 heterocycles. The maximum atomic E-state index is 12.6. The Morgan fingerprint density at radius 3 is 2.48 bits per heavy atom. The summed E-state index contributed by atoms with van der Waals surface area (Å²) in [6.07, 6.45) is 5.64. The average molecular weight is 365 g/mol. The Morgan fingerprint density at radius 1 is 1.12 bits per heavy atom. The molecule has 2 saturated heterocycles. The number of amides is 1. The zero-order chi connectivity index (χ0) is 17.7. The van der Waals surface area contributed by atoms with E-state index < -0.39 is 10.0 Å². The van der Waals surface area contributed by atoms with Crippen LogP contribution in [0.1, 0.15) is 44.1 Å². The van der Waals surface area contributed by atoms with Gasteiger partial charge in [-0.25, -0.2) is 8.42 Å². The lowest BCUT2D eigenvalue weighted by Gasteiger charge is -2.25. The number of piperidine rings is 1. The molecule has 0 aromatic heterocycles. The number of benzene rings is 1. The zero-order valence-electron chi connectivity index (χ0n) is 14.5. The highest BCUT2D eigenvalue weighted by molar-refractivity contribution is 7.89. The molecule has 0 spiro atoms. The van der Waals surface area contributed by atoms with E-state index >= 15 is 0 Å². The van der Waals surface area contributed by atoms with Gasteiger partial charge in [-0.1, -0.05) is 18.6 Å². The predicted octanol–water partition coefficient (Wildman–Crippen LogP) is 1.62. The molecule has 2 fully saturated rings. The Hall–Kier alpha value is -1.44. The van der Waals surface area contributed by atoms with Crippen molar-refractivity contribution in [3.05, 3.63) is 29.8 Å². The van der Waals surface area contributed by atoms with E-state index in [-0.39, 0.29) is 11.9 Å². The highest BCUT2D eigenvalue weighted by Gasteiger charge is 2.25. The van der Waals surface area contributed by atoms with Crippen LogP contribution < -0.4 is 10.6 Å². The summed E-state index contributed by atoms with van der Waals surface area (Å²) < 4.78 is 26.8. The van der Waals surface area contributed by atoms with Crippen LogP contribution in [0.5, 0.6) is 0 Å². The molecule has 3 rings (SSSR count).